The molecule has 0 unspecified atom stereocenters. The maximum absolute atomic E-state index is 4.49. The van der Waals surface area contributed by atoms with E-state index in [9.17, 15) is 0 Å². The van der Waals surface area contributed by atoms with Crippen molar-refractivity contribution in [2.45, 2.75) is 32.4 Å². The SMILES string of the molecule is Cc1cnc(N(Cc2ccccn2)C2CC2)s1. The van der Waals surface area contributed by atoms with E-state index in [1.165, 1.54) is 17.7 Å². The first-order valence-corrected chi connectivity index (χ1v) is 6.73. The van der Waals surface area contributed by atoms with Crippen molar-refractivity contribution < 1.29 is 0 Å². The van der Waals surface area contributed by atoms with E-state index in [0.29, 0.717) is 6.04 Å². The molecule has 1 aliphatic carbocycles. The van der Waals surface area contributed by atoms with E-state index in [-0.39, 0.29) is 0 Å². The van der Waals surface area contributed by atoms with Crippen LogP contribution in [0.25, 0.3) is 0 Å². The van der Waals surface area contributed by atoms with E-state index < -0.39 is 0 Å². The van der Waals surface area contributed by atoms with Gasteiger partial charge in [-0.2, -0.15) is 0 Å². The number of rotatable bonds is 4. The van der Waals surface area contributed by atoms with Crippen molar-refractivity contribution in [3.63, 3.8) is 0 Å². The van der Waals surface area contributed by atoms with Crippen LogP contribution in [0.2, 0.25) is 0 Å². The Bertz CT molecular complexity index is 490. The third-order valence-electron chi connectivity index (χ3n) is 2.90. The van der Waals surface area contributed by atoms with Crippen LogP contribution in [0.3, 0.4) is 0 Å². The fourth-order valence-electron chi connectivity index (χ4n) is 1.88. The third-order valence-corrected chi connectivity index (χ3v) is 3.85. The van der Waals surface area contributed by atoms with Gasteiger partial charge in [0.05, 0.1) is 12.2 Å². The zero-order valence-electron chi connectivity index (χ0n) is 9.84. The molecule has 1 fully saturated rings. The van der Waals surface area contributed by atoms with Gasteiger partial charge in [0.2, 0.25) is 0 Å². The summed E-state index contributed by atoms with van der Waals surface area (Å²) in [6.07, 6.45) is 6.37. The average molecular weight is 245 g/mol. The maximum Gasteiger partial charge on any atom is 0.186 e. The van der Waals surface area contributed by atoms with Gasteiger partial charge in [-0.15, -0.1) is 11.3 Å². The van der Waals surface area contributed by atoms with Crippen molar-refractivity contribution in [3.05, 3.63) is 41.2 Å². The molecule has 2 aromatic heterocycles. The number of pyridine rings is 1. The van der Waals surface area contributed by atoms with Crippen molar-refractivity contribution in [3.8, 4) is 0 Å². The van der Waals surface area contributed by atoms with Gasteiger partial charge in [-0.3, -0.25) is 4.98 Å². The highest BCUT2D eigenvalue weighted by Crippen LogP contribution is 2.34. The van der Waals surface area contributed by atoms with Gasteiger partial charge in [0.1, 0.15) is 0 Å². The van der Waals surface area contributed by atoms with Gasteiger partial charge in [0.25, 0.3) is 0 Å². The van der Waals surface area contributed by atoms with Crippen LogP contribution in [0.1, 0.15) is 23.4 Å². The van der Waals surface area contributed by atoms with Gasteiger partial charge >= 0.3 is 0 Å². The summed E-state index contributed by atoms with van der Waals surface area (Å²) in [7, 11) is 0. The molecule has 1 saturated carbocycles. The molecule has 3 rings (SSSR count). The van der Waals surface area contributed by atoms with Crippen LogP contribution in [-0.2, 0) is 6.54 Å². The smallest absolute Gasteiger partial charge is 0.186 e. The number of hydrogen-bond acceptors (Lipinski definition) is 4. The number of anilines is 1. The molecule has 1 aliphatic rings. The molecule has 0 bridgehead atoms. The van der Waals surface area contributed by atoms with Gasteiger partial charge in [-0.25, -0.2) is 4.98 Å². The lowest BCUT2D eigenvalue weighted by molar-refractivity contribution is 0.772. The maximum atomic E-state index is 4.49. The Morgan fingerprint density at radius 1 is 1.35 bits per heavy atom. The predicted octanol–water partition coefficient (Wildman–Crippen LogP) is 3.02. The first-order valence-electron chi connectivity index (χ1n) is 5.92. The van der Waals surface area contributed by atoms with Crippen LogP contribution >= 0.6 is 11.3 Å². The summed E-state index contributed by atoms with van der Waals surface area (Å²) in [5, 5.41) is 1.13. The second-order valence-corrected chi connectivity index (χ2v) is 5.65. The lowest BCUT2D eigenvalue weighted by atomic mass is 10.3. The quantitative estimate of drug-likeness (QED) is 0.829. The largest absolute Gasteiger partial charge is 0.339 e. The topological polar surface area (TPSA) is 29.0 Å². The number of aryl methyl sites for hydroxylation is 1. The third kappa shape index (κ3) is 2.47. The molecule has 88 valence electrons. The second kappa shape index (κ2) is 4.45. The Labute approximate surface area is 105 Å². The summed E-state index contributed by atoms with van der Waals surface area (Å²) in [4.78, 5) is 12.5. The highest BCUT2D eigenvalue weighted by molar-refractivity contribution is 7.15. The molecule has 3 nitrogen and oxygen atoms in total. The first kappa shape index (κ1) is 10.7. The molecule has 0 saturated heterocycles. The summed E-state index contributed by atoms with van der Waals surface area (Å²) in [6.45, 7) is 2.98. The van der Waals surface area contributed by atoms with Gasteiger partial charge in [-0.1, -0.05) is 6.07 Å². The lowest BCUT2D eigenvalue weighted by Gasteiger charge is -2.20. The molecule has 0 spiro atoms. The molecular weight excluding hydrogens is 230 g/mol. The van der Waals surface area contributed by atoms with Crippen LogP contribution in [0, 0.1) is 6.92 Å². The average Bonchev–Trinajstić information content (AvgIpc) is 3.10. The molecular formula is C13H15N3S. The fraction of sp³-hybridized carbons (Fsp3) is 0.385. The van der Waals surface area contributed by atoms with Crippen LogP contribution in [-0.4, -0.2) is 16.0 Å². The monoisotopic (exact) mass is 245 g/mol. The highest BCUT2D eigenvalue weighted by Gasteiger charge is 2.31. The number of thiazole rings is 1. The van der Waals surface area contributed by atoms with Crippen molar-refractivity contribution in [2.75, 3.05) is 4.90 Å². The van der Waals surface area contributed by atoms with Crippen molar-refractivity contribution >= 4 is 16.5 Å². The summed E-state index contributed by atoms with van der Waals surface area (Å²) in [5.41, 5.74) is 1.12. The van der Waals surface area contributed by atoms with E-state index in [1.54, 1.807) is 11.3 Å². The molecule has 0 amide bonds. The van der Waals surface area contributed by atoms with Gasteiger partial charge < -0.3 is 4.90 Å². The minimum Gasteiger partial charge on any atom is -0.339 e. The molecule has 0 radical (unpaired) electrons. The molecule has 4 heteroatoms. The van der Waals surface area contributed by atoms with Crippen LogP contribution < -0.4 is 4.90 Å². The fourth-order valence-corrected chi connectivity index (χ4v) is 2.71. The molecule has 2 heterocycles. The van der Waals surface area contributed by atoms with Gasteiger partial charge in [-0.05, 0) is 31.9 Å². The number of nitrogens with zero attached hydrogens (tertiary/aromatic N) is 3. The van der Waals surface area contributed by atoms with E-state index in [2.05, 4.69) is 27.9 Å². The Morgan fingerprint density at radius 2 is 2.24 bits per heavy atom. The van der Waals surface area contributed by atoms with Gasteiger partial charge in [0.15, 0.2) is 5.13 Å². The minimum atomic E-state index is 0.669. The molecule has 0 aliphatic heterocycles. The van der Waals surface area contributed by atoms with Crippen LogP contribution in [0.15, 0.2) is 30.6 Å². The zero-order chi connectivity index (χ0) is 11.7. The Balaban J connectivity index is 1.81. The summed E-state index contributed by atoms with van der Waals surface area (Å²) in [5.74, 6) is 0. The zero-order valence-corrected chi connectivity index (χ0v) is 10.7. The normalized spacial score (nSPS) is 14.9. The van der Waals surface area contributed by atoms with Crippen LogP contribution in [0.4, 0.5) is 5.13 Å². The molecule has 0 N–H and O–H groups in total. The van der Waals surface area contributed by atoms with E-state index in [4.69, 9.17) is 0 Å². The Morgan fingerprint density at radius 3 is 2.82 bits per heavy atom. The van der Waals surface area contributed by atoms with Crippen molar-refractivity contribution in [1.29, 1.82) is 0 Å². The highest BCUT2D eigenvalue weighted by atomic mass is 32.1. The van der Waals surface area contributed by atoms with Crippen LogP contribution in [0.5, 0.6) is 0 Å². The Hall–Kier alpha value is -1.42. The van der Waals surface area contributed by atoms with E-state index in [0.717, 1.165) is 17.4 Å². The predicted molar refractivity (Wildman–Crippen MR) is 70.3 cm³/mol. The second-order valence-electron chi connectivity index (χ2n) is 4.43. The standard InChI is InChI=1S/C13H15N3S/c1-10-8-15-13(17-10)16(12-5-6-12)9-11-4-2-3-7-14-11/h2-4,7-8,12H,5-6,9H2,1H3. The van der Waals surface area contributed by atoms with Crippen molar-refractivity contribution in [1.82, 2.24) is 9.97 Å². The minimum absolute atomic E-state index is 0.669. The number of hydrogen-bond donors (Lipinski definition) is 0. The van der Waals surface area contributed by atoms with Gasteiger partial charge in [0, 0.05) is 23.3 Å². The Kier molecular flexibility index (Phi) is 2.81. The van der Waals surface area contributed by atoms with E-state index >= 15 is 0 Å². The lowest BCUT2D eigenvalue weighted by Crippen LogP contribution is -2.25. The molecule has 0 atom stereocenters. The molecule has 0 aromatic carbocycles. The molecule has 17 heavy (non-hydrogen) atoms. The van der Waals surface area contributed by atoms with Crippen molar-refractivity contribution in [2.24, 2.45) is 0 Å². The first-order chi connectivity index (χ1) is 8.33. The summed E-state index contributed by atoms with van der Waals surface area (Å²) in [6, 6.07) is 6.75. The van der Waals surface area contributed by atoms with E-state index in [1.807, 2.05) is 24.5 Å². The number of aromatic nitrogens is 2. The molecule has 2 aromatic rings. The summed E-state index contributed by atoms with van der Waals surface area (Å²) >= 11 is 1.77. The summed E-state index contributed by atoms with van der Waals surface area (Å²) < 4.78 is 0.